The Morgan fingerprint density at radius 1 is 0.824 bits per heavy atom. The third kappa shape index (κ3) is 5.93. The highest BCUT2D eigenvalue weighted by atomic mass is 32.2. The monoisotopic (exact) mass is 481 g/mol. The first-order valence-corrected chi connectivity index (χ1v) is 12.1. The van der Waals surface area contributed by atoms with E-state index >= 15 is 0 Å². The number of benzene rings is 3. The van der Waals surface area contributed by atoms with E-state index < -0.39 is 27.9 Å². The number of hydrazine groups is 1. The van der Waals surface area contributed by atoms with E-state index in [0.29, 0.717) is 11.4 Å². The number of rotatable bonds is 7. The lowest BCUT2D eigenvalue weighted by Gasteiger charge is -2.17. The molecule has 0 heterocycles. The molecule has 1 unspecified atom stereocenters. The summed E-state index contributed by atoms with van der Waals surface area (Å²) in [5.41, 5.74) is 8.05. The maximum Gasteiger partial charge on any atom is 0.279 e. The van der Waals surface area contributed by atoms with E-state index in [1.54, 1.807) is 38.1 Å². The van der Waals surface area contributed by atoms with Gasteiger partial charge in [0.2, 0.25) is 0 Å². The molecule has 34 heavy (non-hydrogen) atoms. The second-order valence-corrected chi connectivity index (χ2v) is 9.53. The average molecular weight is 482 g/mol. The molecule has 0 aliphatic rings. The van der Waals surface area contributed by atoms with Crippen LogP contribution >= 0.6 is 0 Å². The summed E-state index contributed by atoms with van der Waals surface area (Å²) in [6, 6.07) is 18.0. The summed E-state index contributed by atoms with van der Waals surface area (Å²) < 4.78 is 33.5. The predicted octanol–water partition coefficient (Wildman–Crippen LogP) is 3.64. The zero-order valence-electron chi connectivity index (χ0n) is 19.4. The molecule has 0 aliphatic carbocycles. The van der Waals surface area contributed by atoms with Gasteiger partial charge in [0.25, 0.3) is 21.8 Å². The molecule has 0 aromatic heterocycles. The summed E-state index contributed by atoms with van der Waals surface area (Å²) in [6.45, 7) is 7.22. The van der Waals surface area contributed by atoms with E-state index in [9.17, 15) is 18.0 Å². The molecule has 0 saturated heterocycles. The lowest BCUT2D eigenvalue weighted by molar-refractivity contribution is -0.128. The van der Waals surface area contributed by atoms with Crippen molar-refractivity contribution in [3.05, 3.63) is 89.0 Å². The molecule has 178 valence electrons. The van der Waals surface area contributed by atoms with Crippen molar-refractivity contribution >= 4 is 27.5 Å². The second kappa shape index (κ2) is 10.4. The first kappa shape index (κ1) is 24.8. The normalized spacial score (nSPS) is 11.9. The van der Waals surface area contributed by atoms with Gasteiger partial charge in [-0.15, -0.1) is 0 Å². The third-order valence-corrected chi connectivity index (χ3v) is 6.72. The van der Waals surface area contributed by atoms with Crippen molar-refractivity contribution < 1.29 is 22.7 Å². The van der Waals surface area contributed by atoms with Crippen molar-refractivity contribution in [3.63, 3.8) is 0 Å². The van der Waals surface area contributed by atoms with Crippen molar-refractivity contribution in [2.75, 3.05) is 4.72 Å². The van der Waals surface area contributed by atoms with E-state index in [2.05, 4.69) is 15.6 Å². The molecule has 3 rings (SSSR count). The minimum absolute atomic E-state index is 0.00638. The number of hydrogen-bond acceptors (Lipinski definition) is 5. The number of amides is 2. The Morgan fingerprint density at radius 3 is 2.15 bits per heavy atom. The highest BCUT2D eigenvalue weighted by Gasteiger charge is 2.19. The highest BCUT2D eigenvalue weighted by Crippen LogP contribution is 2.22. The van der Waals surface area contributed by atoms with Crippen molar-refractivity contribution in [2.45, 2.75) is 38.7 Å². The molecule has 0 spiro atoms. The summed E-state index contributed by atoms with van der Waals surface area (Å²) in [6.07, 6.45) is -0.846. The van der Waals surface area contributed by atoms with Crippen molar-refractivity contribution in [1.82, 2.24) is 10.9 Å². The SMILES string of the molecule is Cc1ccccc1NS(=O)(=O)c1ccc(C(=O)NNC(=O)C(C)Oc2cccc(C)c2C)cc1. The topological polar surface area (TPSA) is 114 Å². The number of ether oxygens (including phenoxy) is 1. The number of para-hydroxylation sites is 1. The van der Waals surface area contributed by atoms with Crippen LogP contribution in [0.2, 0.25) is 0 Å². The van der Waals surface area contributed by atoms with Crippen LogP contribution in [-0.4, -0.2) is 26.3 Å². The molecule has 8 nitrogen and oxygen atoms in total. The van der Waals surface area contributed by atoms with E-state index in [-0.39, 0.29) is 10.5 Å². The maximum atomic E-state index is 12.6. The largest absolute Gasteiger partial charge is 0.481 e. The fourth-order valence-corrected chi connectivity index (χ4v) is 4.20. The van der Waals surface area contributed by atoms with E-state index in [1.165, 1.54) is 24.3 Å². The minimum Gasteiger partial charge on any atom is -0.481 e. The van der Waals surface area contributed by atoms with Gasteiger partial charge in [-0.1, -0.05) is 30.3 Å². The van der Waals surface area contributed by atoms with Crippen LogP contribution in [0.25, 0.3) is 0 Å². The Kier molecular flexibility index (Phi) is 7.57. The Hall–Kier alpha value is -3.85. The van der Waals surface area contributed by atoms with Gasteiger partial charge >= 0.3 is 0 Å². The van der Waals surface area contributed by atoms with Crippen molar-refractivity contribution in [3.8, 4) is 5.75 Å². The average Bonchev–Trinajstić information content (AvgIpc) is 2.81. The molecule has 2 amide bonds. The van der Waals surface area contributed by atoms with Crippen LogP contribution in [0, 0.1) is 20.8 Å². The first-order valence-electron chi connectivity index (χ1n) is 10.6. The molecule has 3 aromatic carbocycles. The molecular formula is C25H27N3O5S. The molecule has 9 heteroatoms. The number of carbonyl (C=O) groups excluding carboxylic acids is 2. The number of nitrogens with one attached hydrogen (secondary N) is 3. The molecule has 3 aromatic rings. The number of carbonyl (C=O) groups is 2. The summed E-state index contributed by atoms with van der Waals surface area (Å²) in [4.78, 5) is 24.7. The van der Waals surface area contributed by atoms with Gasteiger partial charge in [0.1, 0.15) is 5.75 Å². The zero-order chi connectivity index (χ0) is 24.9. The Bertz CT molecular complexity index is 1300. The maximum absolute atomic E-state index is 12.6. The number of aryl methyl sites for hydroxylation is 2. The molecule has 0 fully saturated rings. The molecule has 3 N–H and O–H groups in total. The zero-order valence-corrected chi connectivity index (χ0v) is 20.2. The summed E-state index contributed by atoms with van der Waals surface area (Å²) >= 11 is 0. The van der Waals surface area contributed by atoms with E-state index in [0.717, 1.165) is 16.7 Å². The van der Waals surface area contributed by atoms with Crippen molar-refractivity contribution in [1.29, 1.82) is 0 Å². The van der Waals surface area contributed by atoms with Gasteiger partial charge in [-0.2, -0.15) is 0 Å². The van der Waals surface area contributed by atoms with Crippen LogP contribution < -0.4 is 20.3 Å². The number of anilines is 1. The predicted molar refractivity (Wildman–Crippen MR) is 130 cm³/mol. The van der Waals surface area contributed by atoms with Gasteiger partial charge in [0, 0.05) is 5.56 Å². The molecule has 1 atom stereocenters. The minimum atomic E-state index is -3.82. The number of sulfonamides is 1. The first-order chi connectivity index (χ1) is 16.1. The summed E-state index contributed by atoms with van der Waals surface area (Å²) in [5.74, 6) is -0.538. The van der Waals surface area contributed by atoms with Crippen LogP contribution in [0.1, 0.15) is 34.0 Å². The smallest absolute Gasteiger partial charge is 0.279 e. The van der Waals surface area contributed by atoms with Gasteiger partial charge < -0.3 is 4.74 Å². The fourth-order valence-electron chi connectivity index (χ4n) is 3.06. The Balaban J connectivity index is 1.58. The Morgan fingerprint density at radius 2 is 1.47 bits per heavy atom. The van der Waals surface area contributed by atoms with Crippen LogP contribution in [-0.2, 0) is 14.8 Å². The van der Waals surface area contributed by atoms with Gasteiger partial charge in [0.05, 0.1) is 10.6 Å². The van der Waals surface area contributed by atoms with Gasteiger partial charge in [0.15, 0.2) is 6.10 Å². The molecular weight excluding hydrogens is 454 g/mol. The van der Waals surface area contributed by atoms with Gasteiger partial charge in [-0.05, 0) is 80.8 Å². The molecule has 0 saturated carbocycles. The quantitative estimate of drug-likeness (QED) is 0.446. The third-order valence-electron chi connectivity index (χ3n) is 5.34. The number of hydrogen-bond donors (Lipinski definition) is 3. The van der Waals surface area contributed by atoms with E-state index in [1.807, 2.05) is 32.0 Å². The lowest BCUT2D eigenvalue weighted by Crippen LogP contribution is -2.47. The second-order valence-electron chi connectivity index (χ2n) is 7.85. The fraction of sp³-hybridized carbons (Fsp3) is 0.200. The van der Waals surface area contributed by atoms with Crippen molar-refractivity contribution in [2.24, 2.45) is 0 Å². The standard InChI is InChI=1S/C25H27N3O5S/c1-16-9-7-11-23(18(16)3)33-19(4)24(29)26-27-25(30)20-12-14-21(15-13-20)34(31,32)28-22-10-6-5-8-17(22)2/h5-15,19,28H,1-4H3,(H,26,29)(H,27,30). The molecule has 0 radical (unpaired) electrons. The van der Waals surface area contributed by atoms with Gasteiger partial charge in [-0.3, -0.25) is 25.2 Å². The molecule has 0 aliphatic heterocycles. The van der Waals surface area contributed by atoms with Crippen LogP contribution in [0.5, 0.6) is 5.75 Å². The summed E-state index contributed by atoms with van der Waals surface area (Å²) in [5, 5.41) is 0. The van der Waals surface area contributed by atoms with Crippen LogP contribution in [0.15, 0.2) is 71.6 Å². The molecule has 0 bridgehead atoms. The Labute approximate surface area is 199 Å². The summed E-state index contributed by atoms with van der Waals surface area (Å²) in [7, 11) is -3.82. The van der Waals surface area contributed by atoms with Gasteiger partial charge in [-0.25, -0.2) is 8.42 Å². The van der Waals surface area contributed by atoms with Crippen LogP contribution in [0.4, 0.5) is 5.69 Å². The van der Waals surface area contributed by atoms with Crippen LogP contribution in [0.3, 0.4) is 0 Å². The lowest BCUT2D eigenvalue weighted by atomic mass is 10.1. The van der Waals surface area contributed by atoms with E-state index in [4.69, 9.17) is 4.74 Å². The highest BCUT2D eigenvalue weighted by molar-refractivity contribution is 7.92.